The third-order valence-electron chi connectivity index (χ3n) is 4.22. The standard InChI is InChI=1S/C20H23N3O2.ClH/c1-25-13-15-6-4-5-14(9-15)11-23-20(24)18(21)10-16-12-22-19-8-3-2-7-17(16)19;/h2-9,12,18,22H,10-11,13,21H2,1H3,(H,23,24);1H/t18-;/m0./s1. The van der Waals surface area contributed by atoms with Crippen LogP contribution in [0.25, 0.3) is 10.9 Å². The van der Waals surface area contributed by atoms with Crippen LogP contribution in [0.1, 0.15) is 16.7 Å². The highest BCUT2D eigenvalue weighted by Gasteiger charge is 2.16. The number of amides is 1. The molecule has 1 atom stereocenters. The van der Waals surface area contributed by atoms with Crippen molar-refractivity contribution >= 4 is 29.2 Å². The number of nitrogens with one attached hydrogen (secondary N) is 2. The number of nitrogens with two attached hydrogens (primary N) is 1. The number of methoxy groups -OCH3 is 1. The highest BCUT2D eigenvalue weighted by atomic mass is 35.5. The number of aromatic amines is 1. The molecule has 0 aliphatic carbocycles. The van der Waals surface area contributed by atoms with E-state index in [1.54, 1.807) is 7.11 Å². The summed E-state index contributed by atoms with van der Waals surface area (Å²) in [5, 5.41) is 4.02. The van der Waals surface area contributed by atoms with Crippen LogP contribution in [0, 0.1) is 0 Å². The lowest BCUT2D eigenvalue weighted by Crippen LogP contribution is -2.41. The highest BCUT2D eigenvalue weighted by molar-refractivity contribution is 5.86. The molecule has 2 aromatic carbocycles. The Bertz CT molecular complexity index is 863. The van der Waals surface area contributed by atoms with E-state index in [1.807, 2.05) is 54.7 Å². The molecule has 0 unspecified atom stereocenters. The van der Waals surface area contributed by atoms with E-state index >= 15 is 0 Å². The number of hydrogen-bond donors (Lipinski definition) is 3. The molecule has 26 heavy (non-hydrogen) atoms. The summed E-state index contributed by atoms with van der Waals surface area (Å²) in [6.07, 6.45) is 2.42. The number of rotatable bonds is 7. The maximum atomic E-state index is 12.3. The lowest BCUT2D eigenvalue weighted by molar-refractivity contribution is -0.122. The number of ether oxygens (including phenoxy) is 1. The summed E-state index contributed by atoms with van der Waals surface area (Å²) in [4.78, 5) is 15.5. The minimum absolute atomic E-state index is 0. The van der Waals surface area contributed by atoms with Crippen molar-refractivity contribution in [3.63, 3.8) is 0 Å². The molecule has 3 rings (SSSR count). The second-order valence-corrected chi connectivity index (χ2v) is 6.14. The van der Waals surface area contributed by atoms with Gasteiger partial charge in [0.15, 0.2) is 0 Å². The fourth-order valence-corrected chi connectivity index (χ4v) is 2.95. The van der Waals surface area contributed by atoms with Crippen molar-refractivity contribution in [3.8, 4) is 0 Å². The minimum atomic E-state index is -0.582. The van der Waals surface area contributed by atoms with Gasteiger partial charge >= 0.3 is 0 Å². The van der Waals surface area contributed by atoms with Gasteiger partial charge in [0.2, 0.25) is 5.91 Å². The van der Waals surface area contributed by atoms with Crippen molar-refractivity contribution in [2.24, 2.45) is 5.73 Å². The Hall–Kier alpha value is -2.34. The second-order valence-electron chi connectivity index (χ2n) is 6.14. The molecule has 0 aliphatic heterocycles. The van der Waals surface area contributed by atoms with E-state index in [0.717, 1.165) is 27.6 Å². The Morgan fingerprint density at radius 2 is 1.96 bits per heavy atom. The van der Waals surface area contributed by atoms with Crippen LogP contribution in [0.4, 0.5) is 0 Å². The van der Waals surface area contributed by atoms with Gasteiger partial charge in [0.25, 0.3) is 0 Å². The van der Waals surface area contributed by atoms with E-state index in [-0.39, 0.29) is 18.3 Å². The van der Waals surface area contributed by atoms with Gasteiger partial charge in [0.05, 0.1) is 12.6 Å². The molecule has 0 fully saturated rings. The number of carbonyl (C=O) groups excluding carboxylic acids is 1. The van der Waals surface area contributed by atoms with Gasteiger partial charge in [-0.05, 0) is 29.2 Å². The fraction of sp³-hybridized carbons (Fsp3) is 0.250. The third-order valence-corrected chi connectivity index (χ3v) is 4.22. The van der Waals surface area contributed by atoms with Crippen molar-refractivity contribution in [2.75, 3.05) is 7.11 Å². The third kappa shape index (κ3) is 4.85. The lowest BCUT2D eigenvalue weighted by atomic mass is 10.0. The van der Waals surface area contributed by atoms with Crippen LogP contribution in [-0.4, -0.2) is 24.0 Å². The smallest absolute Gasteiger partial charge is 0.237 e. The maximum absolute atomic E-state index is 12.3. The Labute approximate surface area is 159 Å². The van der Waals surface area contributed by atoms with Crippen LogP contribution < -0.4 is 11.1 Å². The van der Waals surface area contributed by atoms with Gasteiger partial charge in [-0.3, -0.25) is 4.79 Å². The summed E-state index contributed by atoms with van der Waals surface area (Å²) < 4.78 is 5.13. The van der Waals surface area contributed by atoms with Crippen LogP contribution in [-0.2, 0) is 29.1 Å². The van der Waals surface area contributed by atoms with Gasteiger partial charge < -0.3 is 20.8 Å². The maximum Gasteiger partial charge on any atom is 0.237 e. The lowest BCUT2D eigenvalue weighted by Gasteiger charge is -2.12. The molecule has 138 valence electrons. The number of fused-ring (bicyclic) bond motifs is 1. The Balaban J connectivity index is 0.00000243. The first-order valence-electron chi connectivity index (χ1n) is 8.32. The van der Waals surface area contributed by atoms with Crippen molar-refractivity contribution in [1.29, 1.82) is 0 Å². The molecule has 6 heteroatoms. The number of halogens is 1. The average molecular weight is 374 g/mol. The van der Waals surface area contributed by atoms with Crippen LogP contribution in [0.15, 0.2) is 54.7 Å². The van der Waals surface area contributed by atoms with Crippen molar-refractivity contribution in [2.45, 2.75) is 25.6 Å². The largest absolute Gasteiger partial charge is 0.380 e. The number of carbonyl (C=O) groups is 1. The SMILES string of the molecule is COCc1cccc(CNC(=O)[C@@H](N)Cc2c[nH]c3ccccc23)c1.Cl. The Morgan fingerprint density at radius 3 is 2.77 bits per heavy atom. The normalized spacial score (nSPS) is 11.8. The summed E-state index contributed by atoms with van der Waals surface area (Å²) in [6.45, 7) is 1.01. The average Bonchev–Trinajstić information content (AvgIpc) is 3.03. The predicted octanol–water partition coefficient (Wildman–Crippen LogP) is 2.92. The van der Waals surface area contributed by atoms with Gasteiger partial charge in [-0.25, -0.2) is 0 Å². The fourth-order valence-electron chi connectivity index (χ4n) is 2.95. The summed E-state index contributed by atoms with van der Waals surface area (Å²) in [5.74, 6) is -0.151. The first kappa shape index (κ1) is 20.0. The molecular formula is C20H24ClN3O2. The molecule has 0 saturated heterocycles. The van der Waals surface area contributed by atoms with Crippen LogP contribution >= 0.6 is 12.4 Å². The quantitative estimate of drug-likeness (QED) is 0.595. The first-order chi connectivity index (χ1) is 12.2. The highest BCUT2D eigenvalue weighted by Crippen LogP contribution is 2.18. The first-order valence-corrected chi connectivity index (χ1v) is 8.32. The van der Waals surface area contributed by atoms with Crippen molar-refractivity contribution < 1.29 is 9.53 Å². The predicted molar refractivity (Wildman–Crippen MR) is 106 cm³/mol. The number of aromatic nitrogens is 1. The van der Waals surface area contributed by atoms with E-state index in [9.17, 15) is 4.79 Å². The van der Waals surface area contributed by atoms with Gasteiger partial charge in [0, 0.05) is 30.8 Å². The van der Waals surface area contributed by atoms with Gasteiger partial charge in [-0.2, -0.15) is 0 Å². The van der Waals surface area contributed by atoms with Crippen molar-refractivity contribution in [1.82, 2.24) is 10.3 Å². The molecule has 3 aromatic rings. The van der Waals surface area contributed by atoms with Crippen LogP contribution in [0.5, 0.6) is 0 Å². The molecular weight excluding hydrogens is 350 g/mol. The topological polar surface area (TPSA) is 80.1 Å². The van der Waals surface area contributed by atoms with Crippen LogP contribution in [0.2, 0.25) is 0 Å². The molecule has 1 amide bonds. The van der Waals surface area contributed by atoms with Gasteiger partial charge in [-0.15, -0.1) is 12.4 Å². The van der Waals surface area contributed by atoms with E-state index in [2.05, 4.69) is 10.3 Å². The molecule has 4 N–H and O–H groups in total. The molecule has 1 aromatic heterocycles. The molecule has 0 spiro atoms. The van der Waals surface area contributed by atoms with Gasteiger partial charge in [0.1, 0.15) is 0 Å². The van der Waals surface area contributed by atoms with E-state index in [1.165, 1.54) is 0 Å². The number of para-hydroxylation sites is 1. The monoisotopic (exact) mass is 373 g/mol. The van der Waals surface area contributed by atoms with E-state index < -0.39 is 6.04 Å². The van der Waals surface area contributed by atoms with Gasteiger partial charge in [-0.1, -0.05) is 42.5 Å². The molecule has 1 heterocycles. The van der Waals surface area contributed by atoms with E-state index in [4.69, 9.17) is 10.5 Å². The Kier molecular flexibility index (Phi) is 7.21. The zero-order valence-electron chi connectivity index (χ0n) is 14.7. The zero-order valence-corrected chi connectivity index (χ0v) is 15.5. The molecule has 0 bridgehead atoms. The molecule has 0 radical (unpaired) electrons. The van der Waals surface area contributed by atoms with Crippen LogP contribution in [0.3, 0.4) is 0 Å². The molecule has 5 nitrogen and oxygen atoms in total. The van der Waals surface area contributed by atoms with E-state index in [0.29, 0.717) is 19.6 Å². The zero-order chi connectivity index (χ0) is 17.6. The van der Waals surface area contributed by atoms with Crippen molar-refractivity contribution in [3.05, 3.63) is 71.4 Å². The Morgan fingerprint density at radius 1 is 1.19 bits per heavy atom. The summed E-state index contributed by atoms with van der Waals surface area (Å²) in [7, 11) is 1.66. The summed E-state index contributed by atoms with van der Waals surface area (Å²) in [5.41, 5.74) is 10.3. The number of benzene rings is 2. The molecule has 0 aliphatic rings. The number of hydrogen-bond acceptors (Lipinski definition) is 3. The summed E-state index contributed by atoms with van der Waals surface area (Å²) in [6, 6.07) is 15.4. The number of H-pyrrole nitrogens is 1. The minimum Gasteiger partial charge on any atom is -0.380 e. The second kappa shape index (κ2) is 9.38. The molecule has 0 saturated carbocycles. The summed E-state index contributed by atoms with van der Waals surface area (Å²) >= 11 is 0.